The van der Waals surface area contributed by atoms with Crippen molar-refractivity contribution in [3.05, 3.63) is 0 Å². The van der Waals surface area contributed by atoms with E-state index in [0.717, 1.165) is 19.7 Å². The molecule has 3 nitrogen and oxygen atoms in total. The van der Waals surface area contributed by atoms with Crippen LogP contribution < -0.4 is 5.32 Å². The van der Waals surface area contributed by atoms with Gasteiger partial charge in [0.25, 0.3) is 0 Å². The summed E-state index contributed by atoms with van der Waals surface area (Å²) in [6.07, 6.45) is 3.00. The molecule has 0 saturated carbocycles. The monoisotopic (exact) mass is 244 g/mol. The highest BCUT2D eigenvalue weighted by atomic mass is 32.2. The normalized spacial score (nSPS) is 31.5. The van der Waals surface area contributed by atoms with E-state index >= 15 is 0 Å². The Bertz CT molecular complexity index is 209. The second-order valence-electron chi connectivity index (χ2n) is 5.01. The largest absolute Gasteiger partial charge is 0.374 e. The first-order chi connectivity index (χ1) is 7.75. The highest BCUT2D eigenvalue weighted by molar-refractivity contribution is 7.99. The first-order valence-electron chi connectivity index (χ1n) is 6.39. The molecule has 2 atom stereocenters. The summed E-state index contributed by atoms with van der Waals surface area (Å²) in [5, 5.41) is 3.74. The van der Waals surface area contributed by atoms with Gasteiger partial charge in [-0.1, -0.05) is 0 Å². The van der Waals surface area contributed by atoms with Gasteiger partial charge in [0.05, 0.1) is 12.7 Å². The van der Waals surface area contributed by atoms with Gasteiger partial charge in [-0.25, -0.2) is 0 Å². The predicted molar refractivity (Wildman–Crippen MR) is 70.2 cm³/mol. The van der Waals surface area contributed by atoms with Crippen LogP contribution >= 0.6 is 11.8 Å². The molecular formula is C12H24N2OS. The van der Waals surface area contributed by atoms with Crippen molar-refractivity contribution in [1.29, 1.82) is 0 Å². The van der Waals surface area contributed by atoms with Crippen LogP contribution in [0, 0.1) is 0 Å². The molecule has 94 valence electrons. The SMILES string of the molecule is CC(NC1CCSCC1)C1CN(C)CCO1. The molecule has 0 amide bonds. The molecule has 2 saturated heterocycles. The fourth-order valence-electron chi connectivity index (χ4n) is 2.46. The molecule has 2 aliphatic rings. The maximum atomic E-state index is 5.84. The fraction of sp³-hybridized carbons (Fsp3) is 1.00. The summed E-state index contributed by atoms with van der Waals surface area (Å²) in [4.78, 5) is 2.36. The van der Waals surface area contributed by atoms with Gasteiger partial charge in [-0.3, -0.25) is 0 Å². The third-order valence-electron chi connectivity index (χ3n) is 3.57. The molecule has 2 heterocycles. The molecule has 0 aromatic rings. The maximum Gasteiger partial charge on any atom is 0.0852 e. The van der Waals surface area contributed by atoms with Crippen molar-refractivity contribution in [2.24, 2.45) is 0 Å². The van der Waals surface area contributed by atoms with Gasteiger partial charge in [-0.15, -0.1) is 0 Å². The number of ether oxygens (including phenoxy) is 1. The summed E-state index contributed by atoms with van der Waals surface area (Å²) in [6.45, 7) is 5.29. The van der Waals surface area contributed by atoms with E-state index in [-0.39, 0.29) is 0 Å². The molecule has 2 rings (SSSR count). The standard InChI is InChI=1S/C12H24N2OS/c1-10(12-9-14(2)5-6-15-12)13-11-3-7-16-8-4-11/h10-13H,3-9H2,1-2H3. The summed E-state index contributed by atoms with van der Waals surface area (Å²) in [7, 11) is 2.18. The average molecular weight is 244 g/mol. The summed E-state index contributed by atoms with van der Waals surface area (Å²) in [5.74, 6) is 2.63. The first kappa shape index (κ1) is 12.7. The summed E-state index contributed by atoms with van der Waals surface area (Å²) < 4.78 is 5.84. The Morgan fingerprint density at radius 2 is 2.12 bits per heavy atom. The van der Waals surface area contributed by atoms with E-state index in [1.165, 1.54) is 24.3 Å². The van der Waals surface area contributed by atoms with Gasteiger partial charge >= 0.3 is 0 Å². The van der Waals surface area contributed by atoms with E-state index in [9.17, 15) is 0 Å². The molecule has 0 spiro atoms. The van der Waals surface area contributed by atoms with Crippen molar-refractivity contribution < 1.29 is 4.74 Å². The molecule has 2 unspecified atom stereocenters. The first-order valence-corrected chi connectivity index (χ1v) is 7.55. The third kappa shape index (κ3) is 3.62. The van der Waals surface area contributed by atoms with Crippen LogP contribution in [-0.2, 0) is 4.74 Å². The zero-order valence-corrected chi connectivity index (χ0v) is 11.3. The number of rotatable bonds is 3. The van der Waals surface area contributed by atoms with E-state index in [4.69, 9.17) is 4.74 Å². The van der Waals surface area contributed by atoms with Gasteiger partial charge in [-0.05, 0) is 38.3 Å². The lowest BCUT2D eigenvalue weighted by molar-refractivity contribution is -0.0372. The molecule has 0 aromatic carbocycles. The van der Waals surface area contributed by atoms with Gasteiger partial charge < -0.3 is 15.0 Å². The van der Waals surface area contributed by atoms with Crippen LogP contribution in [-0.4, -0.2) is 61.3 Å². The lowest BCUT2D eigenvalue weighted by Gasteiger charge is -2.36. The van der Waals surface area contributed by atoms with Crippen LogP contribution in [0.15, 0.2) is 0 Å². The number of thioether (sulfide) groups is 1. The van der Waals surface area contributed by atoms with E-state index in [2.05, 4.69) is 35.9 Å². The van der Waals surface area contributed by atoms with Crippen LogP contribution in [0.1, 0.15) is 19.8 Å². The Morgan fingerprint density at radius 3 is 2.81 bits per heavy atom. The van der Waals surface area contributed by atoms with Crippen LogP contribution in [0.3, 0.4) is 0 Å². The number of morpholine rings is 1. The van der Waals surface area contributed by atoms with Crippen molar-refractivity contribution in [3.63, 3.8) is 0 Å². The number of nitrogens with zero attached hydrogens (tertiary/aromatic N) is 1. The molecule has 4 heteroatoms. The van der Waals surface area contributed by atoms with E-state index in [1.807, 2.05) is 0 Å². The Balaban J connectivity index is 1.75. The third-order valence-corrected chi connectivity index (χ3v) is 4.62. The Morgan fingerprint density at radius 1 is 1.38 bits per heavy atom. The molecule has 0 aliphatic carbocycles. The number of nitrogens with one attached hydrogen (secondary N) is 1. The summed E-state index contributed by atoms with van der Waals surface area (Å²) in [6, 6.07) is 1.20. The van der Waals surface area contributed by atoms with Crippen molar-refractivity contribution in [2.45, 2.75) is 38.0 Å². The predicted octanol–water partition coefficient (Wildman–Crippen LogP) is 1.19. The topological polar surface area (TPSA) is 24.5 Å². The second-order valence-corrected chi connectivity index (χ2v) is 6.24. The highest BCUT2D eigenvalue weighted by Gasteiger charge is 2.25. The van der Waals surface area contributed by atoms with Crippen molar-refractivity contribution >= 4 is 11.8 Å². The second kappa shape index (κ2) is 6.24. The highest BCUT2D eigenvalue weighted by Crippen LogP contribution is 2.18. The molecule has 0 bridgehead atoms. The molecular weight excluding hydrogens is 220 g/mol. The van der Waals surface area contributed by atoms with Crippen molar-refractivity contribution in [3.8, 4) is 0 Å². The Kier molecular flexibility index (Phi) is 4.95. The minimum Gasteiger partial charge on any atom is -0.374 e. The lowest BCUT2D eigenvalue weighted by Crippen LogP contribution is -2.52. The minimum atomic E-state index is 0.369. The lowest BCUT2D eigenvalue weighted by atomic mass is 10.1. The van der Waals surface area contributed by atoms with Crippen molar-refractivity contribution in [1.82, 2.24) is 10.2 Å². The van der Waals surface area contributed by atoms with Gasteiger partial charge in [0.15, 0.2) is 0 Å². The number of hydrogen-bond donors (Lipinski definition) is 1. The van der Waals surface area contributed by atoms with Crippen LogP contribution in [0.25, 0.3) is 0 Å². The van der Waals surface area contributed by atoms with Crippen molar-refractivity contribution in [2.75, 3.05) is 38.2 Å². The molecule has 16 heavy (non-hydrogen) atoms. The zero-order valence-electron chi connectivity index (χ0n) is 10.4. The Labute approximate surface area is 103 Å². The molecule has 2 aliphatic heterocycles. The molecule has 1 N–H and O–H groups in total. The molecule has 0 radical (unpaired) electrons. The van der Waals surface area contributed by atoms with Crippen LogP contribution in [0.2, 0.25) is 0 Å². The van der Waals surface area contributed by atoms with Gasteiger partial charge in [0, 0.05) is 25.2 Å². The van der Waals surface area contributed by atoms with E-state index in [1.54, 1.807) is 0 Å². The van der Waals surface area contributed by atoms with E-state index < -0.39 is 0 Å². The number of likely N-dealkylation sites (N-methyl/N-ethyl adjacent to an activating group) is 1. The quantitative estimate of drug-likeness (QED) is 0.806. The van der Waals surface area contributed by atoms with Gasteiger partial charge in [0.1, 0.15) is 0 Å². The minimum absolute atomic E-state index is 0.369. The average Bonchev–Trinajstić information content (AvgIpc) is 2.30. The fourth-order valence-corrected chi connectivity index (χ4v) is 3.56. The summed E-state index contributed by atoms with van der Waals surface area (Å²) >= 11 is 2.08. The number of hydrogen-bond acceptors (Lipinski definition) is 4. The van der Waals surface area contributed by atoms with Crippen LogP contribution in [0.5, 0.6) is 0 Å². The van der Waals surface area contributed by atoms with Gasteiger partial charge in [-0.2, -0.15) is 11.8 Å². The van der Waals surface area contributed by atoms with Gasteiger partial charge in [0.2, 0.25) is 0 Å². The molecule has 0 aromatic heterocycles. The van der Waals surface area contributed by atoms with E-state index in [0.29, 0.717) is 18.2 Å². The smallest absolute Gasteiger partial charge is 0.0852 e. The maximum absolute atomic E-state index is 5.84. The summed E-state index contributed by atoms with van der Waals surface area (Å²) in [5.41, 5.74) is 0. The Hall–Kier alpha value is 0.230. The van der Waals surface area contributed by atoms with Crippen LogP contribution in [0.4, 0.5) is 0 Å². The zero-order chi connectivity index (χ0) is 11.4. The molecule has 2 fully saturated rings.